The van der Waals surface area contributed by atoms with Crippen LogP contribution < -0.4 is 10.6 Å². The van der Waals surface area contributed by atoms with Crippen LogP contribution in [0.2, 0.25) is 0 Å². The molecule has 0 saturated heterocycles. The van der Waals surface area contributed by atoms with Gasteiger partial charge in [-0.25, -0.2) is 4.99 Å². The van der Waals surface area contributed by atoms with Gasteiger partial charge in [0.15, 0.2) is 0 Å². The van der Waals surface area contributed by atoms with Crippen molar-refractivity contribution in [1.29, 1.82) is 0 Å². The fourth-order valence-electron chi connectivity index (χ4n) is 7.67. The second-order valence-electron chi connectivity index (χ2n) is 13.2. The van der Waals surface area contributed by atoms with Crippen molar-refractivity contribution in [2.45, 2.75) is 12.3 Å². The molecule has 8 aromatic carbocycles. The van der Waals surface area contributed by atoms with E-state index >= 15 is 0 Å². The number of furan rings is 1. The third-order valence-corrected chi connectivity index (χ3v) is 10.2. The Hall–Kier alpha value is -6.49. The first-order valence-corrected chi connectivity index (χ1v) is 17.4. The van der Waals surface area contributed by atoms with E-state index in [1.165, 1.54) is 38.2 Å². The lowest BCUT2D eigenvalue weighted by Crippen LogP contribution is -2.45. The molecule has 242 valence electrons. The Kier molecular flexibility index (Phi) is 7.00. The standard InChI is InChI=1S/C47H33N3O/c1-3-12-30(13-4-1)34-26-27-39-43(29-34)51-42-21-11-20-40(44(39)42)47-49-45(32-14-5-2-6-15-32)48-46(50-47)33-24-22-31(23-25-33)41-28-35-16-7-8-17-36(35)37-18-9-10-19-38(37)41/h1-29,46-47,50H,(H,48,49). The molecule has 1 aliphatic heterocycles. The maximum Gasteiger partial charge on any atom is 0.136 e. The summed E-state index contributed by atoms with van der Waals surface area (Å²) in [5.41, 5.74) is 9.72. The number of nitrogens with one attached hydrogen (secondary N) is 2. The third kappa shape index (κ3) is 5.16. The maximum atomic E-state index is 6.50. The summed E-state index contributed by atoms with van der Waals surface area (Å²) in [7, 11) is 0. The molecular formula is C47H33N3O. The minimum atomic E-state index is -0.271. The van der Waals surface area contributed by atoms with Crippen LogP contribution in [-0.2, 0) is 0 Å². The maximum absolute atomic E-state index is 6.50. The van der Waals surface area contributed by atoms with Crippen LogP contribution in [0, 0.1) is 0 Å². The Morgan fingerprint density at radius 1 is 0.471 bits per heavy atom. The average molecular weight is 656 g/mol. The van der Waals surface area contributed by atoms with E-state index in [1.807, 2.05) is 12.1 Å². The van der Waals surface area contributed by atoms with Crippen LogP contribution in [0.25, 0.3) is 65.7 Å². The summed E-state index contributed by atoms with van der Waals surface area (Å²) in [5, 5.41) is 14.8. The van der Waals surface area contributed by atoms with Crippen molar-refractivity contribution < 1.29 is 4.42 Å². The minimum Gasteiger partial charge on any atom is -0.456 e. The summed E-state index contributed by atoms with van der Waals surface area (Å²) in [6.45, 7) is 0. The van der Waals surface area contributed by atoms with Crippen LogP contribution in [0.4, 0.5) is 0 Å². The first-order valence-electron chi connectivity index (χ1n) is 17.4. The van der Waals surface area contributed by atoms with Crippen molar-refractivity contribution in [2.75, 3.05) is 0 Å². The topological polar surface area (TPSA) is 49.6 Å². The summed E-state index contributed by atoms with van der Waals surface area (Å²) >= 11 is 0. The number of amidine groups is 1. The molecule has 0 aliphatic carbocycles. The van der Waals surface area contributed by atoms with Gasteiger partial charge in [0.05, 0.1) is 0 Å². The van der Waals surface area contributed by atoms with E-state index in [2.05, 4.69) is 174 Å². The molecular weight excluding hydrogens is 623 g/mol. The lowest BCUT2D eigenvalue weighted by Gasteiger charge is -2.32. The Balaban J connectivity index is 1.05. The zero-order valence-corrected chi connectivity index (χ0v) is 27.8. The average Bonchev–Trinajstić information content (AvgIpc) is 3.59. The molecule has 0 spiro atoms. The molecule has 4 heteroatoms. The second kappa shape index (κ2) is 12.1. The van der Waals surface area contributed by atoms with Crippen molar-refractivity contribution in [3.8, 4) is 22.3 Å². The molecule has 9 aromatic rings. The van der Waals surface area contributed by atoms with Crippen LogP contribution in [0.5, 0.6) is 0 Å². The van der Waals surface area contributed by atoms with E-state index < -0.39 is 0 Å². The van der Waals surface area contributed by atoms with E-state index in [4.69, 9.17) is 9.41 Å². The highest BCUT2D eigenvalue weighted by atomic mass is 16.3. The number of hydrogen-bond donors (Lipinski definition) is 2. The van der Waals surface area contributed by atoms with Gasteiger partial charge in [-0.2, -0.15) is 0 Å². The number of aliphatic imine (C=N–C) groups is 1. The monoisotopic (exact) mass is 655 g/mol. The molecule has 4 nitrogen and oxygen atoms in total. The van der Waals surface area contributed by atoms with Gasteiger partial charge < -0.3 is 9.73 Å². The molecule has 0 fully saturated rings. The first kappa shape index (κ1) is 29.4. The predicted molar refractivity (Wildman–Crippen MR) is 211 cm³/mol. The third-order valence-electron chi connectivity index (χ3n) is 10.2. The highest BCUT2D eigenvalue weighted by Gasteiger charge is 2.28. The molecule has 0 bridgehead atoms. The van der Waals surface area contributed by atoms with Crippen molar-refractivity contribution >= 4 is 49.3 Å². The fraction of sp³-hybridized carbons (Fsp3) is 0.0426. The van der Waals surface area contributed by atoms with Gasteiger partial charge >= 0.3 is 0 Å². The van der Waals surface area contributed by atoms with Gasteiger partial charge in [0, 0.05) is 21.9 Å². The lowest BCUT2D eigenvalue weighted by atomic mass is 9.93. The van der Waals surface area contributed by atoms with Gasteiger partial charge in [0.1, 0.15) is 29.3 Å². The van der Waals surface area contributed by atoms with Crippen LogP contribution in [0.15, 0.2) is 185 Å². The van der Waals surface area contributed by atoms with Gasteiger partial charge in [-0.1, -0.05) is 152 Å². The van der Waals surface area contributed by atoms with Crippen LogP contribution in [-0.4, -0.2) is 5.84 Å². The largest absolute Gasteiger partial charge is 0.456 e. The Labute approximate surface area is 295 Å². The predicted octanol–water partition coefficient (Wildman–Crippen LogP) is 11.6. The molecule has 10 rings (SSSR count). The van der Waals surface area contributed by atoms with Gasteiger partial charge in [-0.15, -0.1) is 0 Å². The van der Waals surface area contributed by atoms with E-state index in [-0.39, 0.29) is 12.3 Å². The quantitative estimate of drug-likeness (QED) is 0.181. The SMILES string of the molecule is c1ccc(C2=NC(c3ccc(-c4cc5ccccc5c5ccccc45)cc3)NC(c3cccc4oc5cc(-c6ccccc6)ccc5c34)N2)cc1. The number of rotatable bonds is 5. The van der Waals surface area contributed by atoms with Crippen LogP contribution in [0.3, 0.4) is 0 Å². The Morgan fingerprint density at radius 2 is 1.16 bits per heavy atom. The molecule has 0 radical (unpaired) electrons. The molecule has 1 aromatic heterocycles. The molecule has 2 atom stereocenters. The molecule has 2 N–H and O–H groups in total. The number of fused-ring (bicyclic) bond motifs is 6. The van der Waals surface area contributed by atoms with E-state index in [0.717, 1.165) is 50.0 Å². The number of benzene rings is 8. The summed E-state index contributed by atoms with van der Waals surface area (Å²) in [6, 6.07) is 62.2. The number of hydrogen-bond acceptors (Lipinski definition) is 4. The molecule has 2 heterocycles. The molecule has 2 unspecified atom stereocenters. The van der Waals surface area contributed by atoms with E-state index in [9.17, 15) is 0 Å². The Bertz CT molecular complexity index is 2750. The van der Waals surface area contributed by atoms with Crippen molar-refractivity contribution in [3.05, 3.63) is 193 Å². The zero-order valence-electron chi connectivity index (χ0n) is 27.8. The van der Waals surface area contributed by atoms with Crippen LogP contribution in [0.1, 0.15) is 29.0 Å². The van der Waals surface area contributed by atoms with Crippen LogP contribution >= 0.6 is 0 Å². The van der Waals surface area contributed by atoms with Crippen molar-refractivity contribution in [3.63, 3.8) is 0 Å². The second-order valence-corrected chi connectivity index (χ2v) is 13.2. The summed E-state index contributed by atoms with van der Waals surface area (Å²) in [4.78, 5) is 5.24. The Morgan fingerprint density at radius 3 is 1.96 bits per heavy atom. The zero-order chi connectivity index (χ0) is 33.7. The normalized spacial score (nSPS) is 16.0. The van der Waals surface area contributed by atoms with Gasteiger partial charge in [-0.05, 0) is 73.6 Å². The first-order chi connectivity index (χ1) is 25.3. The smallest absolute Gasteiger partial charge is 0.136 e. The van der Waals surface area contributed by atoms with E-state index in [0.29, 0.717) is 0 Å². The molecule has 1 aliphatic rings. The lowest BCUT2D eigenvalue weighted by molar-refractivity contribution is 0.411. The van der Waals surface area contributed by atoms with Crippen molar-refractivity contribution in [1.82, 2.24) is 10.6 Å². The fourth-order valence-corrected chi connectivity index (χ4v) is 7.67. The highest BCUT2D eigenvalue weighted by molar-refractivity contribution is 6.14. The molecule has 51 heavy (non-hydrogen) atoms. The summed E-state index contributed by atoms with van der Waals surface area (Å²) in [5.74, 6) is 0.852. The van der Waals surface area contributed by atoms with Gasteiger partial charge in [-0.3, -0.25) is 5.32 Å². The van der Waals surface area contributed by atoms with E-state index in [1.54, 1.807) is 0 Å². The van der Waals surface area contributed by atoms with Gasteiger partial charge in [0.2, 0.25) is 0 Å². The highest BCUT2D eigenvalue weighted by Crippen LogP contribution is 2.39. The molecule has 0 amide bonds. The molecule has 0 saturated carbocycles. The summed E-state index contributed by atoms with van der Waals surface area (Å²) in [6.07, 6.45) is -0.489. The summed E-state index contributed by atoms with van der Waals surface area (Å²) < 4.78 is 6.50. The minimum absolute atomic E-state index is 0.217. The number of nitrogens with zero attached hydrogens (tertiary/aromatic N) is 1. The van der Waals surface area contributed by atoms with Gasteiger partial charge in [0.25, 0.3) is 0 Å². The van der Waals surface area contributed by atoms with Crippen molar-refractivity contribution in [2.24, 2.45) is 4.99 Å².